The summed E-state index contributed by atoms with van der Waals surface area (Å²) in [4.78, 5) is 31.3. The Labute approximate surface area is 175 Å². The van der Waals surface area contributed by atoms with E-state index >= 15 is 0 Å². The molecule has 5 rings (SSSR count). The zero-order valence-electron chi connectivity index (χ0n) is 16.8. The van der Waals surface area contributed by atoms with Crippen LogP contribution in [0.15, 0.2) is 23.1 Å². The van der Waals surface area contributed by atoms with Gasteiger partial charge in [-0.15, -0.1) is 0 Å². The van der Waals surface area contributed by atoms with E-state index in [9.17, 15) is 27.2 Å². The smallest absolute Gasteiger partial charge is 0.268 e. The van der Waals surface area contributed by atoms with Gasteiger partial charge >= 0.3 is 0 Å². The van der Waals surface area contributed by atoms with Crippen molar-refractivity contribution in [2.24, 2.45) is 23.0 Å². The van der Waals surface area contributed by atoms with E-state index in [0.29, 0.717) is 24.1 Å². The molecule has 3 aliphatic carbocycles. The minimum absolute atomic E-state index is 0.0390. The topological polar surface area (TPSA) is 88.8 Å². The lowest BCUT2D eigenvalue weighted by atomic mass is 9.46. The number of H-pyrrole nitrogens is 1. The molecule has 9 heteroatoms. The van der Waals surface area contributed by atoms with Crippen LogP contribution in [-0.4, -0.2) is 27.7 Å². The summed E-state index contributed by atoms with van der Waals surface area (Å²) in [5.41, 5.74) is 5.02. The van der Waals surface area contributed by atoms with Gasteiger partial charge in [-0.1, -0.05) is 0 Å². The van der Waals surface area contributed by atoms with Crippen LogP contribution in [0.3, 0.4) is 0 Å². The zero-order valence-corrected chi connectivity index (χ0v) is 16.8. The summed E-state index contributed by atoms with van der Waals surface area (Å²) in [5, 5.41) is 0.0390. The molecule has 3 fully saturated rings. The molecule has 0 unspecified atom stereocenters. The highest BCUT2D eigenvalue weighted by molar-refractivity contribution is 6.03. The van der Waals surface area contributed by atoms with Gasteiger partial charge in [0.2, 0.25) is 11.8 Å². The summed E-state index contributed by atoms with van der Waals surface area (Å²) >= 11 is 0. The number of nitrogens with two attached hydrogens (primary N) is 1. The maximum atomic E-state index is 14.4. The highest BCUT2D eigenvalue weighted by Gasteiger charge is 2.63. The highest BCUT2D eigenvalue weighted by atomic mass is 19.3. The van der Waals surface area contributed by atoms with Crippen molar-refractivity contribution in [3.8, 4) is 0 Å². The van der Waals surface area contributed by atoms with E-state index in [-0.39, 0.29) is 54.0 Å². The van der Waals surface area contributed by atoms with Crippen molar-refractivity contribution >= 4 is 16.8 Å². The van der Waals surface area contributed by atoms with E-state index in [1.54, 1.807) is 0 Å². The summed E-state index contributed by atoms with van der Waals surface area (Å²) in [7, 11) is 0. The number of hydrogen-bond donors (Lipinski definition) is 2. The molecule has 3 saturated carbocycles. The van der Waals surface area contributed by atoms with Crippen molar-refractivity contribution < 1.29 is 22.4 Å². The summed E-state index contributed by atoms with van der Waals surface area (Å²) in [6.07, 6.45) is 2.03. The molecule has 0 aromatic carbocycles. The van der Waals surface area contributed by atoms with Gasteiger partial charge in [0.25, 0.3) is 5.91 Å². The first kappa shape index (κ1) is 20.5. The molecule has 1 amide bonds. The van der Waals surface area contributed by atoms with Crippen LogP contribution in [0.4, 0.5) is 17.6 Å². The third-order valence-electron chi connectivity index (χ3n) is 7.54. The third kappa shape index (κ3) is 3.42. The molecule has 0 aliphatic heterocycles. The minimum atomic E-state index is -2.85. The van der Waals surface area contributed by atoms with Gasteiger partial charge in [0.15, 0.2) is 5.43 Å². The van der Waals surface area contributed by atoms with Crippen LogP contribution in [0.5, 0.6) is 0 Å². The van der Waals surface area contributed by atoms with E-state index in [4.69, 9.17) is 5.73 Å². The lowest BCUT2D eigenvalue weighted by Crippen LogP contribution is -2.56. The second-order valence-electron chi connectivity index (χ2n) is 9.78. The molecular weight excluding hydrogens is 414 g/mol. The molecule has 1 spiro atoms. The summed E-state index contributed by atoms with van der Waals surface area (Å²) in [5.74, 6) is -6.90. The second-order valence-corrected chi connectivity index (χ2v) is 9.78. The molecule has 0 bridgehead atoms. The molecule has 31 heavy (non-hydrogen) atoms. The largest absolute Gasteiger partial charge is 0.364 e. The van der Waals surface area contributed by atoms with Gasteiger partial charge in [-0.05, 0) is 42.6 Å². The Balaban J connectivity index is 1.48. The van der Waals surface area contributed by atoms with Gasteiger partial charge in [0, 0.05) is 49.6 Å². The fourth-order valence-corrected chi connectivity index (χ4v) is 6.36. The number of fused-ring (bicyclic) bond motifs is 1. The Morgan fingerprint density at radius 1 is 1.13 bits per heavy atom. The van der Waals surface area contributed by atoms with Crippen LogP contribution >= 0.6 is 0 Å². The maximum absolute atomic E-state index is 14.4. The maximum Gasteiger partial charge on any atom is 0.268 e. The molecular formula is C22H23F4N3O2. The number of nitrogens with zero attached hydrogens (tertiary/aromatic N) is 1. The van der Waals surface area contributed by atoms with Crippen molar-refractivity contribution in [2.75, 3.05) is 0 Å². The van der Waals surface area contributed by atoms with Crippen molar-refractivity contribution in [2.45, 2.75) is 62.7 Å². The molecule has 3 aliphatic rings. The van der Waals surface area contributed by atoms with Gasteiger partial charge < -0.3 is 10.7 Å². The van der Waals surface area contributed by atoms with E-state index in [1.807, 2.05) is 0 Å². The van der Waals surface area contributed by atoms with Gasteiger partial charge in [-0.2, -0.15) is 0 Å². The number of aromatic nitrogens is 2. The Morgan fingerprint density at radius 2 is 1.84 bits per heavy atom. The Kier molecular flexibility index (Phi) is 4.31. The first-order valence-electron chi connectivity index (χ1n) is 10.6. The molecule has 0 radical (unpaired) electrons. The summed E-state index contributed by atoms with van der Waals surface area (Å²) < 4.78 is 55.4. The van der Waals surface area contributed by atoms with Crippen LogP contribution in [0, 0.1) is 17.3 Å². The SMILES string of the molecule is NC(=O)c1nccc2[nH]c([C@@H]3CC(F)(F)CC[C@H]3C3CC4(C3)CC(F)(F)C4)cc(=O)c12. The third-order valence-corrected chi connectivity index (χ3v) is 7.54. The first-order valence-corrected chi connectivity index (χ1v) is 10.6. The van der Waals surface area contributed by atoms with Crippen LogP contribution in [0.25, 0.3) is 10.9 Å². The van der Waals surface area contributed by atoms with E-state index in [0.717, 1.165) is 0 Å². The first-order chi connectivity index (χ1) is 14.5. The van der Waals surface area contributed by atoms with Gasteiger partial charge in [-0.3, -0.25) is 14.6 Å². The number of primary amides is 1. The standard InChI is InChI=1S/C22H23F4N3O2/c23-21(24)3-1-12(11-6-20(7-11)9-22(25,26)10-20)13(8-21)15-5-16(30)17-14(29-15)2-4-28-18(17)19(27)31/h2,4-5,11-13H,1,3,6-10H2,(H2,27,31)(H,29,30)/t12-,13+/m0/s1. The molecule has 2 aromatic heterocycles. The number of rotatable bonds is 3. The molecule has 2 heterocycles. The van der Waals surface area contributed by atoms with E-state index in [2.05, 4.69) is 9.97 Å². The lowest BCUT2D eigenvalue weighted by Gasteiger charge is -2.60. The fourth-order valence-electron chi connectivity index (χ4n) is 6.36. The normalized spacial score (nSPS) is 28.8. The quantitative estimate of drug-likeness (QED) is 0.699. The molecule has 2 atom stereocenters. The predicted molar refractivity (Wildman–Crippen MR) is 105 cm³/mol. The van der Waals surface area contributed by atoms with E-state index in [1.165, 1.54) is 18.3 Å². The van der Waals surface area contributed by atoms with Crippen LogP contribution in [0.2, 0.25) is 0 Å². The predicted octanol–water partition coefficient (Wildman–Crippen LogP) is 4.37. The van der Waals surface area contributed by atoms with E-state index < -0.39 is 35.5 Å². The zero-order chi connectivity index (χ0) is 22.2. The van der Waals surface area contributed by atoms with Crippen molar-refractivity contribution in [3.63, 3.8) is 0 Å². The monoisotopic (exact) mass is 437 g/mol. The molecule has 3 N–H and O–H groups in total. The second kappa shape index (κ2) is 6.53. The number of nitrogens with one attached hydrogen (secondary N) is 1. The summed E-state index contributed by atoms with van der Waals surface area (Å²) in [6, 6.07) is 2.78. The fraction of sp³-hybridized carbons (Fsp3) is 0.591. The number of pyridine rings is 2. The number of carbonyl (C=O) groups is 1. The number of halogens is 4. The molecule has 166 valence electrons. The van der Waals surface area contributed by atoms with Crippen LogP contribution in [0.1, 0.15) is 67.0 Å². The number of carbonyl (C=O) groups excluding carboxylic acids is 1. The van der Waals surface area contributed by atoms with Crippen molar-refractivity contribution in [3.05, 3.63) is 39.9 Å². The minimum Gasteiger partial charge on any atom is -0.364 e. The van der Waals surface area contributed by atoms with Crippen LogP contribution < -0.4 is 11.2 Å². The lowest BCUT2D eigenvalue weighted by molar-refractivity contribution is -0.217. The van der Waals surface area contributed by atoms with Crippen molar-refractivity contribution in [1.82, 2.24) is 9.97 Å². The highest BCUT2D eigenvalue weighted by Crippen LogP contribution is 2.67. The van der Waals surface area contributed by atoms with Gasteiger partial charge in [-0.25, -0.2) is 17.6 Å². The molecule has 5 nitrogen and oxygen atoms in total. The molecule has 0 saturated heterocycles. The summed E-state index contributed by atoms with van der Waals surface area (Å²) in [6.45, 7) is 0. The Hall–Kier alpha value is -2.45. The van der Waals surface area contributed by atoms with Crippen LogP contribution in [-0.2, 0) is 0 Å². The number of aromatic amines is 1. The van der Waals surface area contributed by atoms with Crippen molar-refractivity contribution in [1.29, 1.82) is 0 Å². The van der Waals surface area contributed by atoms with Gasteiger partial charge in [0.1, 0.15) is 5.69 Å². The number of amides is 1. The average Bonchev–Trinajstić information content (AvgIpc) is 2.63. The molecule has 2 aromatic rings. The number of hydrogen-bond acceptors (Lipinski definition) is 3. The Bertz CT molecular complexity index is 1110. The average molecular weight is 437 g/mol. The number of alkyl halides is 4. The van der Waals surface area contributed by atoms with Gasteiger partial charge in [0.05, 0.1) is 10.9 Å². The Morgan fingerprint density at radius 3 is 2.48 bits per heavy atom.